The van der Waals surface area contributed by atoms with E-state index in [4.69, 9.17) is 5.11 Å². The van der Waals surface area contributed by atoms with E-state index in [2.05, 4.69) is 19.0 Å². The Balaban J connectivity index is 1.79. The van der Waals surface area contributed by atoms with Crippen molar-refractivity contribution in [3.63, 3.8) is 0 Å². The van der Waals surface area contributed by atoms with Crippen molar-refractivity contribution in [2.75, 3.05) is 33.7 Å². The summed E-state index contributed by atoms with van der Waals surface area (Å²) in [7, 11) is 4.17. The van der Waals surface area contributed by atoms with Gasteiger partial charge in [0.15, 0.2) is 0 Å². The lowest BCUT2D eigenvalue weighted by molar-refractivity contribution is -0.141. The molecule has 5 nitrogen and oxygen atoms in total. The first-order valence-corrected chi connectivity index (χ1v) is 7.63. The molecule has 1 saturated carbocycles. The van der Waals surface area contributed by atoms with Crippen molar-refractivity contribution in [2.24, 2.45) is 17.8 Å². The second-order valence-corrected chi connectivity index (χ2v) is 6.58. The molecule has 0 aromatic carbocycles. The van der Waals surface area contributed by atoms with Crippen LogP contribution >= 0.6 is 0 Å². The maximum Gasteiger partial charge on any atom is 0.306 e. The highest BCUT2D eigenvalue weighted by Gasteiger charge is 2.36. The number of aliphatic carboxylic acids is 1. The van der Waals surface area contributed by atoms with Crippen molar-refractivity contribution in [1.82, 2.24) is 9.80 Å². The molecule has 20 heavy (non-hydrogen) atoms. The fourth-order valence-corrected chi connectivity index (χ4v) is 3.54. The summed E-state index contributed by atoms with van der Waals surface area (Å²) in [5.41, 5.74) is 0. The minimum atomic E-state index is -0.745. The summed E-state index contributed by atoms with van der Waals surface area (Å²) in [6.07, 6.45) is 4.07. The standard InChI is InChI=1S/C15H26N2O3/c1-16(2)10-11-5-7-17(8-6-11)14(18)12-3-4-13(9-12)15(19)20/h11-13H,3-10H2,1-2H3,(H,19,20)/t12-,13+/m1/s1. The van der Waals surface area contributed by atoms with E-state index < -0.39 is 5.97 Å². The summed E-state index contributed by atoms with van der Waals surface area (Å²) in [5.74, 6) is -0.233. The van der Waals surface area contributed by atoms with Gasteiger partial charge in [0.2, 0.25) is 5.91 Å². The van der Waals surface area contributed by atoms with E-state index in [-0.39, 0.29) is 17.7 Å². The number of carbonyl (C=O) groups is 2. The fraction of sp³-hybridized carbons (Fsp3) is 0.867. The quantitative estimate of drug-likeness (QED) is 0.844. The molecule has 0 radical (unpaired) electrons. The molecule has 5 heteroatoms. The molecule has 1 saturated heterocycles. The number of hydrogen-bond donors (Lipinski definition) is 1. The number of rotatable bonds is 4. The van der Waals surface area contributed by atoms with Crippen LogP contribution in [0.2, 0.25) is 0 Å². The number of likely N-dealkylation sites (tertiary alicyclic amines) is 1. The first kappa shape index (κ1) is 15.3. The lowest BCUT2D eigenvalue weighted by Gasteiger charge is -2.34. The number of carboxylic acid groups (broad SMARTS) is 1. The molecule has 1 amide bonds. The van der Waals surface area contributed by atoms with Crippen LogP contribution in [0, 0.1) is 17.8 Å². The Hall–Kier alpha value is -1.10. The van der Waals surface area contributed by atoms with Gasteiger partial charge < -0.3 is 14.9 Å². The molecule has 0 unspecified atom stereocenters. The van der Waals surface area contributed by atoms with Crippen LogP contribution in [0.25, 0.3) is 0 Å². The molecule has 0 aromatic rings. The Morgan fingerprint density at radius 3 is 2.20 bits per heavy atom. The van der Waals surface area contributed by atoms with Crippen LogP contribution < -0.4 is 0 Å². The summed E-state index contributed by atoms with van der Waals surface area (Å²) in [6.45, 7) is 2.77. The lowest BCUT2D eigenvalue weighted by atomic mass is 9.94. The predicted molar refractivity (Wildman–Crippen MR) is 76.3 cm³/mol. The number of nitrogens with zero attached hydrogens (tertiary/aromatic N) is 2. The smallest absolute Gasteiger partial charge is 0.306 e. The zero-order valence-electron chi connectivity index (χ0n) is 12.5. The van der Waals surface area contributed by atoms with Gasteiger partial charge in [0.25, 0.3) is 0 Å². The van der Waals surface area contributed by atoms with E-state index >= 15 is 0 Å². The van der Waals surface area contributed by atoms with Crippen molar-refractivity contribution in [3.05, 3.63) is 0 Å². The van der Waals surface area contributed by atoms with Crippen LogP contribution in [0.1, 0.15) is 32.1 Å². The van der Waals surface area contributed by atoms with Crippen LogP contribution in [0.5, 0.6) is 0 Å². The molecule has 0 aromatic heterocycles. The summed E-state index contributed by atoms with van der Waals surface area (Å²) >= 11 is 0. The van der Waals surface area contributed by atoms with Gasteiger partial charge in [-0.15, -0.1) is 0 Å². The summed E-state index contributed by atoms with van der Waals surface area (Å²) in [4.78, 5) is 27.5. The maximum absolute atomic E-state index is 12.4. The number of hydrogen-bond acceptors (Lipinski definition) is 3. The van der Waals surface area contributed by atoms with Gasteiger partial charge in [0.1, 0.15) is 0 Å². The van der Waals surface area contributed by atoms with Crippen molar-refractivity contribution >= 4 is 11.9 Å². The fourth-order valence-electron chi connectivity index (χ4n) is 3.54. The van der Waals surface area contributed by atoms with Crippen LogP contribution in [-0.4, -0.2) is 60.5 Å². The lowest BCUT2D eigenvalue weighted by Crippen LogP contribution is -2.43. The van der Waals surface area contributed by atoms with Gasteiger partial charge in [-0.3, -0.25) is 9.59 Å². The second-order valence-electron chi connectivity index (χ2n) is 6.58. The van der Waals surface area contributed by atoms with E-state index in [1.165, 1.54) is 0 Å². The zero-order valence-corrected chi connectivity index (χ0v) is 12.5. The van der Waals surface area contributed by atoms with Gasteiger partial charge >= 0.3 is 5.97 Å². The zero-order chi connectivity index (χ0) is 14.7. The van der Waals surface area contributed by atoms with Crippen LogP contribution in [0.15, 0.2) is 0 Å². The monoisotopic (exact) mass is 282 g/mol. The van der Waals surface area contributed by atoms with Gasteiger partial charge in [-0.05, 0) is 52.1 Å². The summed E-state index contributed by atoms with van der Waals surface area (Å²) in [6, 6.07) is 0. The highest BCUT2D eigenvalue weighted by molar-refractivity contribution is 5.81. The van der Waals surface area contributed by atoms with Gasteiger partial charge in [0.05, 0.1) is 5.92 Å². The molecule has 1 N–H and O–H groups in total. The number of piperidine rings is 1. The Bertz CT molecular complexity index is 362. The van der Waals surface area contributed by atoms with Gasteiger partial charge in [-0.25, -0.2) is 0 Å². The highest BCUT2D eigenvalue weighted by Crippen LogP contribution is 2.33. The molecule has 0 spiro atoms. The van der Waals surface area contributed by atoms with Crippen molar-refractivity contribution in [1.29, 1.82) is 0 Å². The number of carboxylic acids is 1. The first-order valence-electron chi connectivity index (χ1n) is 7.63. The second kappa shape index (κ2) is 6.57. The predicted octanol–water partition coefficient (Wildman–Crippen LogP) is 1.29. The van der Waals surface area contributed by atoms with E-state index in [0.717, 1.165) is 38.9 Å². The Labute approximate surface area is 120 Å². The Morgan fingerprint density at radius 2 is 1.70 bits per heavy atom. The van der Waals surface area contributed by atoms with Crippen molar-refractivity contribution in [2.45, 2.75) is 32.1 Å². The molecular formula is C15H26N2O3. The van der Waals surface area contributed by atoms with Crippen LogP contribution in [-0.2, 0) is 9.59 Å². The average molecular weight is 282 g/mol. The largest absolute Gasteiger partial charge is 0.481 e. The normalized spacial score (nSPS) is 28.1. The topological polar surface area (TPSA) is 60.9 Å². The molecule has 1 heterocycles. The maximum atomic E-state index is 12.4. The number of amides is 1. The Morgan fingerprint density at radius 1 is 1.10 bits per heavy atom. The van der Waals surface area contributed by atoms with Gasteiger partial charge in [0, 0.05) is 25.6 Å². The van der Waals surface area contributed by atoms with Crippen LogP contribution in [0.4, 0.5) is 0 Å². The highest BCUT2D eigenvalue weighted by atomic mass is 16.4. The molecule has 114 valence electrons. The Kier molecular flexibility index (Phi) is 5.02. The average Bonchev–Trinajstić information content (AvgIpc) is 2.88. The third kappa shape index (κ3) is 3.72. The van der Waals surface area contributed by atoms with E-state index in [1.807, 2.05) is 4.90 Å². The minimum absolute atomic E-state index is 0.0542. The molecule has 0 bridgehead atoms. The third-order valence-corrected chi connectivity index (χ3v) is 4.68. The van der Waals surface area contributed by atoms with Gasteiger partial charge in [-0.2, -0.15) is 0 Å². The third-order valence-electron chi connectivity index (χ3n) is 4.68. The van der Waals surface area contributed by atoms with E-state index in [1.54, 1.807) is 0 Å². The van der Waals surface area contributed by atoms with Crippen molar-refractivity contribution < 1.29 is 14.7 Å². The SMILES string of the molecule is CN(C)CC1CCN(C(=O)[C@@H]2CC[C@H](C(=O)O)C2)CC1. The molecule has 1 aliphatic heterocycles. The molecule has 1 aliphatic carbocycles. The molecular weight excluding hydrogens is 256 g/mol. The summed E-state index contributed by atoms with van der Waals surface area (Å²) in [5, 5.41) is 9.01. The first-order chi connectivity index (χ1) is 9.47. The molecule has 2 atom stereocenters. The van der Waals surface area contributed by atoms with Crippen molar-refractivity contribution in [3.8, 4) is 0 Å². The number of carbonyl (C=O) groups excluding carboxylic acids is 1. The minimum Gasteiger partial charge on any atom is -0.481 e. The molecule has 2 aliphatic rings. The van der Waals surface area contributed by atoms with Gasteiger partial charge in [-0.1, -0.05) is 0 Å². The van der Waals surface area contributed by atoms with E-state index in [9.17, 15) is 9.59 Å². The molecule has 2 rings (SSSR count). The molecule has 2 fully saturated rings. The summed E-state index contributed by atoms with van der Waals surface area (Å²) < 4.78 is 0. The van der Waals surface area contributed by atoms with E-state index in [0.29, 0.717) is 18.8 Å². The van der Waals surface area contributed by atoms with Crippen LogP contribution in [0.3, 0.4) is 0 Å².